The van der Waals surface area contributed by atoms with Gasteiger partial charge >= 0.3 is 0 Å². The van der Waals surface area contributed by atoms with E-state index < -0.39 is 0 Å². The zero-order valence-electron chi connectivity index (χ0n) is 14.2. The van der Waals surface area contributed by atoms with E-state index in [1.165, 1.54) is 0 Å². The minimum Gasteiger partial charge on any atom is -0.441 e. The maximum absolute atomic E-state index is 13.0. The van der Waals surface area contributed by atoms with Crippen LogP contribution in [0.15, 0.2) is 52.9 Å². The summed E-state index contributed by atoms with van der Waals surface area (Å²) in [5.41, 5.74) is 3.04. The number of carbonyl (C=O) groups is 1. The Labute approximate surface area is 146 Å². The number of aryl methyl sites for hydroxylation is 1. The molecule has 2 heterocycles. The molecule has 5 nitrogen and oxygen atoms in total. The average Bonchev–Trinajstić information content (AvgIpc) is 3.02. The van der Waals surface area contributed by atoms with E-state index >= 15 is 0 Å². The second kappa shape index (κ2) is 6.59. The van der Waals surface area contributed by atoms with Crippen LogP contribution < -0.4 is 5.32 Å². The summed E-state index contributed by atoms with van der Waals surface area (Å²) in [6, 6.07) is 15.9. The van der Waals surface area contributed by atoms with Crippen molar-refractivity contribution in [1.82, 2.24) is 9.88 Å². The van der Waals surface area contributed by atoms with Crippen molar-refractivity contribution in [2.45, 2.75) is 25.8 Å². The summed E-state index contributed by atoms with van der Waals surface area (Å²) in [6.45, 7) is 3.27. The summed E-state index contributed by atoms with van der Waals surface area (Å²) >= 11 is 0. The van der Waals surface area contributed by atoms with Crippen LogP contribution in [0.3, 0.4) is 0 Å². The maximum Gasteiger partial charge on any atom is 0.256 e. The Balaban J connectivity index is 1.53. The number of para-hydroxylation sites is 2. The molecule has 1 saturated heterocycles. The molecule has 1 aliphatic rings. The van der Waals surface area contributed by atoms with Gasteiger partial charge in [0, 0.05) is 31.7 Å². The second-order valence-corrected chi connectivity index (χ2v) is 6.49. The minimum atomic E-state index is 0.0264. The lowest BCUT2D eigenvalue weighted by Crippen LogP contribution is -2.45. The molecule has 1 fully saturated rings. The van der Waals surface area contributed by atoms with Gasteiger partial charge in [0.25, 0.3) is 5.91 Å². The summed E-state index contributed by atoms with van der Waals surface area (Å²) in [7, 11) is 0. The van der Waals surface area contributed by atoms with Gasteiger partial charge in [0.15, 0.2) is 11.5 Å². The highest BCUT2D eigenvalue weighted by Gasteiger charge is 2.26. The first-order valence-corrected chi connectivity index (χ1v) is 8.68. The Bertz CT molecular complexity index is 888. The molecule has 0 aliphatic carbocycles. The highest BCUT2D eigenvalue weighted by Crippen LogP contribution is 2.23. The molecule has 128 valence electrons. The fourth-order valence-corrected chi connectivity index (χ4v) is 3.45. The van der Waals surface area contributed by atoms with E-state index in [9.17, 15) is 4.79 Å². The van der Waals surface area contributed by atoms with E-state index in [1.54, 1.807) is 6.92 Å². The third kappa shape index (κ3) is 3.22. The number of rotatable bonds is 3. The molecular weight excluding hydrogens is 314 g/mol. The number of fused-ring (bicyclic) bond motifs is 1. The van der Waals surface area contributed by atoms with Gasteiger partial charge in [-0.3, -0.25) is 4.79 Å². The number of likely N-dealkylation sites (tertiary alicyclic amines) is 1. The van der Waals surface area contributed by atoms with E-state index in [2.05, 4.69) is 22.4 Å². The normalized spacial score (nSPS) is 17.6. The highest BCUT2D eigenvalue weighted by molar-refractivity contribution is 6.04. The molecule has 1 amide bonds. The molecular formula is C20H21N3O2. The Morgan fingerprint density at radius 3 is 2.88 bits per heavy atom. The molecule has 0 bridgehead atoms. The van der Waals surface area contributed by atoms with Gasteiger partial charge in [0.2, 0.25) is 0 Å². The van der Waals surface area contributed by atoms with E-state index in [-0.39, 0.29) is 11.9 Å². The fourth-order valence-electron chi connectivity index (χ4n) is 3.45. The molecule has 25 heavy (non-hydrogen) atoms. The molecule has 1 N–H and O–H groups in total. The van der Waals surface area contributed by atoms with Gasteiger partial charge in [0.1, 0.15) is 5.52 Å². The maximum atomic E-state index is 13.0. The average molecular weight is 335 g/mol. The molecule has 5 heteroatoms. The van der Waals surface area contributed by atoms with Gasteiger partial charge in [-0.25, -0.2) is 4.98 Å². The van der Waals surface area contributed by atoms with E-state index in [4.69, 9.17) is 4.42 Å². The number of anilines is 1. The van der Waals surface area contributed by atoms with Gasteiger partial charge < -0.3 is 14.6 Å². The summed E-state index contributed by atoms with van der Waals surface area (Å²) in [5.74, 6) is 0.607. The number of hydrogen-bond donors (Lipinski definition) is 1. The van der Waals surface area contributed by atoms with E-state index in [1.807, 2.05) is 41.3 Å². The summed E-state index contributed by atoms with van der Waals surface area (Å²) in [6.07, 6.45) is 2.05. The molecule has 0 radical (unpaired) electrons. The van der Waals surface area contributed by atoms with Crippen molar-refractivity contribution in [2.75, 3.05) is 18.4 Å². The number of carbonyl (C=O) groups excluding carboxylic acids is 1. The van der Waals surface area contributed by atoms with Crippen molar-refractivity contribution in [3.05, 3.63) is 60.0 Å². The number of hydrogen-bond acceptors (Lipinski definition) is 4. The summed E-state index contributed by atoms with van der Waals surface area (Å²) in [4.78, 5) is 19.3. The SMILES string of the molecule is Cc1nc2c(C(=O)N3CCC[C@H](Nc4ccccc4)C3)cccc2o1. The van der Waals surface area contributed by atoms with Crippen LogP contribution in [-0.4, -0.2) is 34.9 Å². The van der Waals surface area contributed by atoms with Crippen molar-refractivity contribution in [3.8, 4) is 0 Å². The molecule has 0 spiro atoms. The predicted molar refractivity (Wildman–Crippen MR) is 97.7 cm³/mol. The number of oxazole rings is 1. The lowest BCUT2D eigenvalue weighted by molar-refractivity contribution is 0.0716. The number of aromatic nitrogens is 1. The van der Waals surface area contributed by atoms with Gasteiger partial charge in [-0.15, -0.1) is 0 Å². The number of piperidine rings is 1. The molecule has 2 aromatic carbocycles. The van der Waals surface area contributed by atoms with Crippen LogP contribution in [0.5, 0.6) is 0 Å². The monoisotopic (exact) mass is 335 g/mol. The van der Waals surface area contributed by atoms with Gasteiger partial charge in [-0.2, -0.15) is 0 Å². The lowest BCUT2D eigenvalue weighted by Gasteiger charge is -2.33. The third-order valence-electron chi connectivity index (χ3n) is 4.61. The van der Waals surface area contributed by atoms with Crippen LogP contribution in [0.2, 0.25) is 0 Å². The van der Waals surface area contributed by atoms with Gasteiger partial charge in [-0.1, -0.05) is 24.3 Å². The molecule has 0 saturated carbocycles. The van der Waals surface area contributed by atoms with Gasteiger partial charge in [-0.05, 0) is 37.1 Å². The molecule has 0 unspecified atom stereocenters. The van der Waals surface area contributed by atoms with E-state index in [0.29, 0.717) is 29.1 Å². The first-order chi connectivity index (χ1) is 12.2. The Hall–Kier alpha value is -2.82. The smallest absolute Gasteiger partial charge is 0.256 e. The lowest BCUT2D eigenvalue weighted by atomic mass is 10.0. The van der Waals surface area contributed by atoms with E-state index in [0.717, 1.165) is 25.1 Å². The summed E-state index contributed by atoms with van der Waals surface area (Å²) < 4.78 is 5.55. The van der Waals surface area contributed by atoms with Crippen molar-refractivity contribution in [2.24, 2.45) is 0 Å². The zero-order valence-corrected chi connectivity index (χ0v) is 14.2. The largest absolute Gasteiger partial charge is 0.441 e. The van der Waals surface area contributed by atoms with Crippen molar-refractivity contribution in [1.29, 1.82) is 0 Å². The van der Waals surface area contributed by atoms with Crippen molar-refractivity contribution < 1.29 is 9.21 Å². The quantitative estimate of drug-likeness (QED) is 0.790. The number of nitrogens with zero attached hydrogens (tertiary/aromatic N) is 2. The standard InChI is InChI=1S/C20H21N3O2/c1-14-21-19-17(10-5-11-18(19)25-14)20(24)23-12-6-9-16(13-23)22-15-7-3-2-4-8-15/h2-5,7-8,10-11,16,22H,6,9,12-13H2,1H3/t16-/m0/s1. The third-order valence-corrected chi connectivity index (χ3v) is 4.61. The number of benzene rings is 2. The first-order valence-electron chi connectivity index (χ1n) is 8.68. The van der Waals surface area contributed by atoms with Crippen LogP contribution in [0.1, 0.15) is 29.1 Å². The molecule has 1 atom stereocenters. The van der Waals surface area contributed by atoms with Crippen LogP contribution in [0.4, 0.5) is 5.69 Å². The Morgan fingerprint density at radius 1 is 1.20 bits per heavy atom. The second-order valence-electron chi connectivity index (χ2n) is 6.49. The minimum absolute atomic E-state index is 0.0264. The zero-order chi connectivity index (χ0) is 17.2. The van der Waals surface area contributed by atoms with Crippen molar-refractivity contribution >= 4 is 22.7 Å². The molecule has 1 aliphatic heterocycles. The predicted octanol–water partition coefficient (Wildman–Crippen LogP) is 3.85. The van der Waals surface area contributed by atoms with Gasteiger partial charge in [0.05, 0.1) is 5.56 Å². The van der Waals surface area contributed by atoms with Crippen LogP contribution in [0, 0.1) is 6.92 Å². The molecule has 1 aromatic heterocycles. The highest BCUT2D eigenvalue weighted by atomic mass is 16.3. The van der Waals surface area contributed by atoms with Crippen LogP contribution >= 0.6 is 0 Å². The van der Waals surface area contributed by atoms with Crippen molar-refractivity contribution in [3.63, 3.8) is 0 Å². The van der Waals surface area contributed by atoms with Crippen LogP contribution in [-0.2, 0) is 0 Å². The number of nitrogens with one attached hydrogen (secondary N) is 1. The number of amides is 1. The summed E-state index contributed by atoms with van der Waals surface area (Å²) in [5, 5.41) is 3.53. The topological polar surface area (TPSA) is 58.4 Å². The Kier molecular flexibility index (Phi) is 4.14. The fraction of sp³-hybridized carbons (Fsp3) is 0.300. The van der Waals surface area contributed by atoms with Crippen LogP contribution in [0.25, 0.3) is 11.1 Å². The molecule has 3 aromatic rings. The Morgan fingerprint density at radius 2 is 2.04 bits per heavy atom. The first kappa shape index (κ1) is 15.7. The molecule has 4 rings (SSSR count).